The minimum Gasteiger partial charge on any atom is -0.480 e. The number of nitrogens with one attached hydrogen (secondary N) is 1. The normalized spacial score (nSPS) is 13.8. The third-order valence-electron chi connectivity index (χ3n) is 4.64. The number of fused-ring (bicyclic) bond motifs is 1. The lowest BCUT2D eigenvalue weighted by Gasteiger charge is -2.31. The molecule has 0 saturated heterocycles. The zero-order chi connectivity index (χ0) is 20.3. The Bertz CT molecular complexity index is 843. The summed E-state index contributed by atoms with van der Waals surface area (Å²) in [7, 11) is 1.58. The van der Waals surface area contributed by atoms with Gasteiger partial charge in [0.1, 0.15) is 5.82 Å². The highest BCUT2D eigenvalue weighted by atomic mass is 16.5. The second kappa shape index (κ2) is 8.12. The van der Waals surface area contributed by atoms with Crippen LogP contribution in [0.15, 0.2) is 18.5 Å². The lowest BCUT2D eigenvalue weighted by Crippen LogP contribution is -2.30. The van der Waals surface area contributed by atoms with Gasteiger partial charge < -0.3 is 15.0 Å². The lowest BCUT2D eigenvalue weighted by atomic mass is 9.92. The number of carbonyl (C=O) groups is 1. The Labute approximate surface area is 166 Å². The van der Waals surface area contributed by atoms with E-state index >= 15 is 0 Å². The molecule has 0 fully saturated rings. The Kier molecular flexibility index (Phi) is 5.82. The molecule has 7 heteroatoms. The van der Waals surface area contributed by atoms with Gasteiger partial charge in [0.05, 0.1) is 43.1 Å². The van der Waals surface area contributed by atoms with Gasteiger partial charge in [0, 0.05) is 13.0 Å². The standard InChI is InChI=1S/C21H29N5O2/c1-14-9-17-16(24-20(14)25-18(27)10-21(2,3)4)7-6-8-26(17)13-15-11-23-19(28-5)12-22-15/h9,11-12H,6-8,10,13H2,1-5H3,(H,24,25,27). The topological polar surface area (TPSA) is 80.2 Å². The molecule has 1 aliphatic heterocycles. The smallest absolute Gasteiger partial charge is 0.231 e. The van der Waals surface area contributed by atoms with Crippen molar-refractivity contribution in [2.24, 2.45) is 5.41 Å². The minimum atomic E-state index is -0.0532. The van der Waals surface area contributed by atoms with Crippen molar-refractivity contribution in [1.29, 1.82) is 0 Å². The Morgan fingerprint density at radius 3 is 2.71 bits per heavy atom. The third-order valence-corrected chi connectivity index (χ3v) is 4.64. The van der Waals surface area contributed by atoms with Crippen LogP contribution in [0, 0.1) is 12.3 Å². The van der Waals surface area contributed by atoms with E-state index in [4.69, 9.17) is 9.72 Å². The largest absolute Gasteiger partial charge is 0.480 e. The zero-order valence-electron chi connectivity index (χ0n) is 17.4. The first-order valence-corrected chi connectivity index (χ1v) is 9.65. The van der Waals surface area contributed by atoms with Gasteiger partial charge in [0.15, 0.2) is 0 Å². The average Bonchev–Trinajstić information content (AvgIpc) is 2.62. The minimum absolute atomic E-state index is 0.00391. The van der Waals surface area contributed by atoms with Crippen LogP contribution in [0.5, 0.6) is 5.88 Å². The summed E-state index contributed by atoms with van der Waals surface area (Å²) in [5, 5.41) is 2.99. The number of nitrogens with zero attached hydrogens (tertiary/aromatic N) is 4. The first kappa shape index (κ1) is 20.0. The number of anilines is 2. The summed E-state index contributed by atoms with van der Waals surface area (Å²) < 4.78 is 5.07. The monoisotopic (exact) mass is 383 g/mol. The number of aromatic nitrogens is 3. The van der Waals surface area contributed by atoms with Gasteiger partial charge in [-0.15, -0.1) is 0 Å². The summed E-state index contributed by atoms with van der Waals surface area (Å²) in [5.74, 6) is 1.18. The lowest BCUT2D eigenvalue weighted by molar-refractivity contribution is -0.117. The predicted molar refractivity (Wildman–Crippen MR) is 110 cm³/mol. The number of aryl methyl sites for hydroxylation is 2. The van der Waals surface area contributed by atoms with Crippen LogP contribution in [0.2, 0.25) is 0 Å². The number of rotatable bonds is 5. The molecule has 0 spiro atoms. The summed E-state index contributed by atoms with van der Waals surface area (Å²) in [6, 6.07) is 2.12. The quantitative estimate of drug-likeness (QED) is 0.851. The van der Waals surface area contributed by atoms with Crippen molar-refractivity contribution in [2.45, 2.75) is 53.5 Å². The van der Waals surface area contributed by atoms with Gasteiger partial charge in [-0.25, -0.2) is 9.97 Å². The molecule has 1 aliphatic rings. The number of ether oxygens (including phenoxy) is 1. The highest BCUT2D eigenvalue weighted by Gasteiger charge is 2.22. The molecular formula is C21H29N5O2. The molecule has 3 heterocycles. The van der Waals surface area contributed by atoms with E-state index in [1.165, 1.54) is 0 Å². The van der Waals surface area contributed by atoms with Crippen LogP contribution in [0.1, 0.15) is 50.6 Å². The molecule has 3 rings (SSSR count). The number of amides is 1. The summed E-state index contributed by atoms with van der Waals surface area (Å²) in [5.41, 5.74) is 3.92. The van der Waals surface area contributed by atoms with Gasteiger partial charge in [-0.2, -0.15) is 0 Å². The molecule has 0 radical (unpaired) electrons. The van der Waals surface area contributed by atoms with Crippen LogP contribution < -0.4 is 15.0 Å². The van der Waals surface area contributed by atoms with E-state index in [0.717, 1.165) is 42.0 Å². The van der Waals surface area contributed by atoms with Crippen LogP contribution in [0.4, 0.5) is 11.5 Å². The molecule has 7 nitrogen and oxygen atoms in total. The van der Waals surface area contributed by atoms with Gasteiger partial charge in [0.25, 0.3) is 0 Å². The fraction of sp³-hybridized carbons (Fsp3) is 0.524. The van der Waals surface area contributed by atoms with Gasteiger partial charge in [-0.05, 0) is 36.8 Å². The number of pyridine rings is 1. The van der Waals surface area contributed by atoms with Gasteiger partial charge in [-0.1, -0.05) is 20.8 Å². The SMILES string of the molecule is COc1cnc(CN2CCCc3nc(NC(=O)CC(C)(C)C)c(C)cc32)cn1. The molecule has 150 valence electrons. The molecule has 0 saturated carbocycles. The number of carbonyl (C=O) groups excluding carboxylic acids is 1. The van der Waals surface area contributed by atoms with Crippen LogP contribution in [-0.2, 0) is 17.8 Å². The maximum Gasteiger partial charge on any atom is 0.231 e. The van der Waals surface area contributed by atoms with Crippen molar-refractivity contribution in [3.05, 3.63) is 35.4 Å². The second-order valence-corrected chi connectivity index (χ2v) is 8.48. The Balaban J connectivity index is 1.78. The summed E-state index contributed by atoms with van der Waals surface area (Å²) >= 11 is 0. The molecule has 0 bridgehead atoms. The van der Waals surface area contributed by atoms with Crippen molar-refractivity contribution in [3.8, 4) is 5.88 Å². The fourth-order valence-electron chi connectivity index (χ4n) is 3.33. The van der Waals surface area contributed by atoms with E-state index in [1.807, 2.05) is 6.92 Å². The fourth-order valence-corrected chi connectivity index (χ4v) is 3.33. The van der Waals surface area contributed by atoms with E-state index in [2.05, 4.69) is 47.0 Å². The van der Waals surface area contributed by atoms with E-state index in [0.29, 0.717) is 24.7 Å². The first-order valence-electron chi connectivity index (χ1n) is 9.65. The molecule has 0 aromatic carbocycles. The molecule has 0 aliphatic carbocycles. The van der Waals surface area contributed by atoms with E-state index in [9.17, 15) is 4.79 Å². The van der Waals surface area contributed by atoms with E-state index in [1.54, 1.807) is 19.5 Å². The van der Waals surface area contributed by atoms with Crippen molar-refractivity contribution in [3.63, 3.8) is 0 Å². The predicted octanol–water partition coefficient (Wildman–Crippen LogP) is 3.52. The molecule has 28 heavy (non-hydrogen) atoms. The van der Waals surface area contributed by atoms with Crippen LogP contribution >= 0.6 is 0 Å². The molecular weight excluding hydrogens is 354 g/mol. The highest BCUT2D eigenvalue weighted by Crippen LogP contribution is 2.31. The van der Waals surface area contributed by atoms with E-state index in [-0.39, 0.29) is 11.3 Å². The van der Waals surface area contributed by atoms with Crippen LogP contribution in [0.3, 0.4) is 0 Å². The molecule has 1 amide bonds. The molecule has 2 aromatic heterocycles. The maximum absolute atomic E-state index is 12.3. The Morgan fingerprint density at radius 2 is 2.07 bits per heavy atom. The third kappa shape index (κ3) is 4.97. The molecule has 0 unspecified atom stereocenters. The van der Waals surface area contributed by atoms with E-state index < -0.39 is 0 Å². The zero-order valence-corrected chi connectivity index (χ0v) is 17.4. The van der Waals surface area contributed by atoms with Crippen molar-refractivity contribution < 1.29 is 9.53 Å². The molecule has 0 atom stereocenters. The van der Waals surface area contributed by atoms with Crippen molar-refractivity contribution >= 4 is 17.4 Å². The van der Waals surface area contributed by atoms with Gasteiger partial charge >= 0.3 is 0 Å². The van der Waals surface area contributed by atoms with Crippen molar-refractivity contribution in [2.75, 3.05) is 23.9 Å². The average molecular weight is 383 g/mol. The molecule has 1 N–H and O–H groups in total. The number of hydrogen-bond donors (Lipinski definition) is 1. The summed E-state index contributed by atoms with van der Waals surface area (Å²) in [4.78, 5) is 28.0. The first-order chi connectivity index (χ1) is 13.2. The maximum atomic E-state index is 12.3. The van der Waals surface area contributed by atoms with Gasteiger partial charge in [0.2, 0.25) is 11.8 Å². The van der Waals surface area contributed by atoms with Gasteiger partial charge in [-0.3, -0.25) is 9.78 Å². The summed E-state index contributed by atoms with van der Waals surface area (Å²) in [6.45, 7) is 9.76. The second-order valence-electron chi connectivity index (χ2n) is 8.48. The number of methoxy groups -OCH3 is 1. The Morgan fingerprint density at radius 1 is 1.29 bits per heavy atom. The molecule has 2 aromatic rings. The van der Waals surface area contributed by atoms with Crippen molar-refractivity contribution in [1.82, 2.24) is 15.0 Å². The Hall–Kier alpha value is -2.70. The summed E-state index contributed by atoms with van der Waals surface area (Å²) in [6.07, 6.45) is 5.77. The van der Waals surface area contributed by atoms with Crippen LogP contribution in [0.25, 0.3) is 0 Å². The highest BCUT2D eigenvalue weighted by molar-refractivity contribution is 5.91. The number of hydrogen-bond acceptors (Lipinski definition) is 6. The van der Waals surface area contributed by atoms with Crippen LogP contribution in [-0.4, -0.2) is 34.5 Å².